The number of nitrogens with zero attached hydrogens (tertiary/aromatic N) is 4. The van der Waals surface area contributed by atoms with Gasteiger partial charge in [0.25, 0.3) is 0 Å². The molecular weight excluding hydrogens is 270 g/mol. The maximum atomic E-state index is 4.67. The van der Waals surface area contributed by atoms with E-state index >= 15 is 0 Å². The van der Waals surface area contributed by atoms with Crippen molar-refractivity contribution in [1.82, 2.24) is 20.1 Å². The van der Waals surface area contributed by atoms with Crippen LogP contribution in [0.5, 0.6) is 0 Å². The maximum Gasteiger partial charge on any atom is 0.194 e. The van der Waals surface area contributed by atoms with Crippen molar-refractivity contribution in [2.75, 3.05) is 40.3 Å². The SMILES string of the molecule is CCNC(=NCCN(C)CC)N(C)Cc1csc(C)n1. The van der Waals surface area contributed by atoms with Crippen molar-refractivity contribution < 1.29 is 0 Å². The van der Waals surface area contributed by atoms with E-state index in [4.69, 9.17) is 0 Å². The third-order valence-electron chi connectivity index (χ3n) is 3.05. The predicted octanol–water partition coefficient (Wildman–Crippen LogP) is 1.80. The zero-order valence-electron chi connectivity index (χ0n) is 13.3. The van der Waals surface area contributed by atoms with Crippen molar-refractivity contribution in [3.8, 4) is 0 Å². The molecule has 5 nitrogen and oxygen atoms in total. The number of aryl methyl sites for hydroxylation is 1. The van der Waals surface area contributed by atoms with Crippen molar-refractivity contribution >= 4 is 17.3 Å². The van der Waals surface area contributed by atoms with Crippen LogP contribution >= 0.6 is 11.3 Å². The molecule has 0 aliphatic rings. The number of aliphatic imine (C=N–C) groups is 1. The van der Waals surface area contributed by atoms with Crippen molar-refractivity contribution in [2.45, 2.75) is 27.3 Å². The summed E-state index contributed by atoms with van der Waals surface area (Å²) in [6.07, 6.45) is 0. The average molecular weight is 297 g/mol. The third kappa shape index (κ3) is 5.88. The number of likely N-dealkylation sites (N-methyl/N-ethyl adjacent to an activating group) is 1. The minimum Gasteiger partial charge on any atom is -0.357 e. The summed E-state index contributed by atoms with van der Waals surface area (Å²) >= 11 is 1.69. The molecule has 0 saturated heterocycles. The van der Waals surface area contributed by atoms with Gasteiger partial charge < -0.3 is 15.1 Å². The number of nitrogens with one attached hydrogen (secondary N) is 1. The molecular formula is C14H27N5S. The summed E-state index contributed by atoms with van der Waals surface area (Å²) < 4.78 is 0. The summed E-state index contributed by atoms with van der Waals surface area (Å²) in [4.78, 5) is 13.6. The van der Waals surface area contributed by atoms with Crippen LogP contribution in [0.1, 0.15) is 24.5 Å². The summed E-state index contributed by atoms with van der Waals surface area (Å²) in [5.74, 6) is 0.947. The first-order valence-electron chi connectivity index (χ1n) is 7.15. The second-order valence-electron chi connectivity index (χ2n) is 4.85. The Morgan fingerprint density at radius 1 is 1.40 bits per heavy atom. The Morgan fingerprint density at radius 3 is 2.70 bits per heavy atom. The van der Waals surface area contributed by atoms with Crippen LogP contribution in [0.4, 0.5) is 0 Å². The third-order valence-corrected chi connectivity index (χ3v) is 3.87. The van der Waals surface area contributed by atoms with E-state index in [0.717, 1.165) is 49.4 Å². The van der Waals surface area contributed by atoms with Crippen molar-refractivity contribution in [3.05, 3.63) is 16.1 Å². The molecule has 1 rings (SSSR count). The van der Waals surface area contributed by atoms with Gasteiger partial charge in [-0.2, -0.15) is 0 Å². The number of rotatable bonds is 7. The smallest absolute Gasteiger partial charge is 0.194 e. The predicted molar refractivity (Wildman–Crippen MR) is 87.5 cm³/mol. The van der Waals surface area contributed by atoms with Gasteiger partial charge in [0, 0.05) is 25.5 Å². The van der Waals surface area contributed by atoms with Crippen LogP contribution in [-0.4, -0.2) is 61.0 Å². The molecule has 0 aromatic carbocycles. The Balaban J connectivity index is 2.56. The van der Waals surface area contributed by atoms with Crippen LogP contribution < -0.4 is 5.32 Å². The molecule has 20 heavy (non-hydrogen) atoms. The molecule has 0 fully saturated rings. The summed E-state index contributed by atoms with van der Waals surface area (Å²) in [5, 5.41) is 6.56. The molecule has 0 bridgehead atoms. The van der Waals surface area contributed by atoms with Crippen LogP contribution in [0, 0.1) is 6.92 Å². The highest BCUT2D eigenvalue weighted by atomic mass is 32.1. The van der Waals surface area contributed by atoms with E-state index in [0.29, 0.717) is 0 Å². The van der Waals surface area contributed by atoms with E-state index in [1.165, 1.54) is 0 Å². The molecule has 0 saturated carbocycles. The molecule has 1 aromatic heterocycles. The summed E-state index contributed by atoms with van der Waals surface area (Å²) in [7, 11) is 4.17. The lowest BCUT2D eigenvalue weighted by atomic mass is 10.4. The highest BCUT2D eigenvalue weighted by molar-refractivity contribution is 7.09. The van der Waals surface area contributed by atoms with Gasteiger partial charge in [-0.1, -0.05) is 6.92 Å². The molecule has 114 valence electrons. The van der Waals surface area contributed by atoms with Crippen molar-refractivity contribution in [1.29, 1.82) is 0 Å². The summed E-state index contributed by atoms with van der Waals surface area (Å²) in [6, 6.07) is 0. The first-order valence-corrected chi connectivity index (χ1v) is 8.03. The number of thiazole rings is 1. The molecule has 1 N–H and O–H groups in total. The lowest BCUT2D eigenvalue weighted by molar-refractivity contribution is 0.361. The normalized spacial score (nSPS) is 12.0. The lowest BCUT2D eigenvalue weighted by Gasteiger charge is -2.21. The van der Waals surface area contributed by atoms with Gasteiger partial charge in [-0.3, -0.25) is 4.99 Å². The zero-order chi connectivity index (χ0) is 15.0. The molecule has 0 aliphatic heterocycles. The van der Waals surface area contributed by atoms with Gasteiger partial charge in [-0.15, -0.1) is 11.3 Å². The maximum absolute atomic E-state index is 4.67. The van der Waals surface area contributed by atoms with Crippen LogP contribution in [0.2, 0.25) is 0 Å². The van der Waals surface area contributed by atoms with Gasteiger partial charge in [-0.25, -0.2) is 4.98 Å². The fourth-order valence-electron chi connectivity index (χ4n) is 1.75. The standard InChI is InChI=1S/C14H27N5S/c1-6-15-14(16-8-9-18(4)7-2)19(5)10-13-11-20-12(3)17-13/h11H,6-10H2,1-5H3,(H,15,16). The van der Waals surface area contributed by atoms with Crippen LogP contribution in [0.3, 0.4) is 0 Å². The number of hydrogen-bond donors (Lipinski definition) is 1. The van der Waals surface area contributed by atoms with E-state index in [1.54, 1.807) is 11.3 Å². The largest absolute Gasteiger partial charge is 0.357 e. The van der Waals surface area contributed by atoms with Gasteiger partial charge in [0.2, 0.25) is 0 Å². The quantitative estimate of drug-likeness (QED) is 0.616. The van der Waals surface area contributed by atoms with Crippen molar-refractivity contribution in [3.63, 3.8) is 0 Å². The first kappa shape index (κ1) is 16.9. The highest BCUT2D eigenvalue weighted by Gasteiger charge is 2.08. The van der Waals surface area contributed by atoms with E-state index in [2.05, 4.69) is 58.4 Å². The summed E-state index contributed by atoms with van der Waals surface area (Å²) in [6.45, 7) is 10.8. The Kier molecular flexibility index (Phi) is 7.54. The molecule has 0 spiro atoms. The van der Waals surface area contributed by atoms with E-state index in [9.17, 15) is 0 Å². The molecule has 6 heteroatoms. The van der Waals surface area contributed by atoms with Crippen molar-refractivity contribution in [2.24, 2.45) is 4.99 Å². The number of hydrogen-bond acceptors (Lipinski definition) is 4. The van der Waals surface area contributed by atoms with Gasteiger partial charge in [0.1, 0.15) is 0 Å². The molecule has 0 radical (unpaired) electrons. The number of aromatic nitrogens is 1. The van der Waals surface area contributed by atoms with E-state index in [-0.39, 0.29) is 0 Å². The van der Waals surface area contributed by atoms with Gasteiger partial charge >= 0.3 is 0 Å². The Bertz CT molecular complexity index is 415. The van der Waals surface area contributed by atoms with Gasteiger partial charge in [0.05, 0.1) is 23.8 Å². The molecule has 0 aliphatic carbocycles. The summed E-state index contributed by atoms with van der Waals surface area (Å²) in [5.41, 5.74) is 1.10. The van der Waals surface area contributed by atoms with Crippen LogP contribution in [0.25, 0.3) is 0 Å². The highest BCUT2D eigenvalue weighted by Crippen LogP contribution is 2.09. The van der Waals surface area contributed by atoms with Crippen LogP contribution in [0.15, 0.2) is 10.4 Å². The Morgan fingerprint density at radius 2 is 2.15 bits per heavy atom. The van der Waals surface area contributed by atoms with Crippen LogP contribution in [-0.2, 0) is 6.54 Å². The minimum absolute atomic E-state index is 0.791. The Labute approximate surface area is 126 Å². The molecule has 0 unspecified atom stereocenters. The second kappa shape index (κ2) is 8.92. The first-order chi connectivity index (χ1) is 9.56. The van der Waals surface area contributed by atoms with E-state index < -0.39 is 0 Å². The Hall–Kier alpha value is -1.14. The monoisotopic (exact) mass is 297 g/mol. The minimum atomic E-state index is 0.791. The molecule has 0 amide bonds. The fraction of sp³-hybridized carbons (Fsp3) is 0.714. The fourth-order valence-corrected chi connectivity index (χ4v) is 2.36. The van der Waals surface area contributed by atoms with E-state index in [1.807, 2.05) is 6.92 Å². The lowest BCUT2D eigenvalue weighted by Crippen LogP contribution is -2.39. The molecule has 1 aromatic rings. The van der Waals surface area contributed by atoms with Gasteiger partial charge in [0.15, 0.2) is 5.96 Å². The second-order valence-corrected chi connectivity index (χ2v) is 5.91. The molecule has 0 atom stereocenters. The number of guanidine groups is 1. The van der Waals surface area contributed by atoms with Gasteiger partial charge in [-0.05, 0) is 27.4 Å². The average Bonchev–Trinajstić information content (AvgIpc) is 2.82. The molecule has 1 heterocycles. The zero-order valence-corrected chi connectivity index (χ0v) is 14.1. The topological polar surface area (TPSA) is 43.8 Å².